The molecule has 3 rings (SSSR count). The van der Waals surface area contributed by atoms with Crippen LogP contribution in [0.2, 0.25) is 0 Å². The number of pyridine rings is 1. The third-order valence-corrected chi connectivity index (χ3v) is 3.27. The number of para-hydroxylation sites is 1. The molecule has 0 saturated carbocycles. The second kappa shape index (κ2) is 6.20. The summed E-state index contributed by atoms with van der Waals surface area (Å²) in [5.74, 6) is 0.865. The Labute approximate surface area is 132 Å². The van der Waals surface area contributed by atoms with Gasteiger partial charge in [0.05, 0.1) is 11.2 Å². The summed E-state index contributed by atoms with van der Waals surface area (Å²) in [7, 11) is 0. The van der Waals surface area contributed by atoms with Crippen LogP contribution in [0.1, 0.15) is 5.56 Å². The summed E-state index contributed by atoms with van der Waals surface area (Å²) in [5, 5.41) is 17.1. The Morgan fingerprint density at radius 3 is 2.61 bits per heavy atom. The number of fused-ring (bicyclic) bond motifs is 1. The molecule has 0 unspecified atom stereocenters. The van der Waals surface area contributed by atoms with Crippen LogP contribution in [0.4, 0.5) is 11.5 Å². The zero-order valence-corrected chi connectivity index (χ0v) is 12.1. The van der Waals surface area contributed by atoms with Gasteiger partial charge in [0, 0.05) is 17.0 Å². The van der Waals surface area contributed by atoms with Crippen LogP contribution in [0.3, 0.4) is 0 Å². The highest BCUT2D eigenvalue weighted by atomic mass is 16.6. The predicted molar refractivity (Wildman–Crippen MR) is 88.6 cm³/mol. The molecule has 3 aromatic rings. The first kappa shape index (κ1) is 14.6. The summed E-state index contributed by atoms with van der Waals surface area (Å²) in [6.07, 6.45) is 0. The molecule has 0 bridgehead atoms. The highest BCUT2D eigenvalue weighted by Gasteiger charge is 2.05. The van der Waals surface area contributed by atoms with Gasteiger partial charge in [0.1, 0.15) is 11.7 Å². The molecule has 2 aromatic carbocycles. The van der Waals surface area contributed by atoms with Crippen molar-refractivity contribution in [2.45, 2.75) is 0 Å². The van der Waals surface area contributed by atoms with Crippen molar-refractivity contribution < 1.29 is 10.0 Å². The lowest BCUT2D eigenvalue weighted by molar-refractivity contribution is 0.234. The quantitative estimate of drug-likeness (QED) is 0.287. The Kier molecular flexibility index (Phi) is 3.94. The fraction of sp³-hybridized carbons (Fsp3) is 0. The molecule has 116 valence electrons. The van der Waals surface area contributed by atoms with Gasteiger partial charge in [-0.1, -0.05) is 18.2 Å². The van der Waals surface area contributed by atoms with E-state index in [1.165, 1.54) is 0 Å². The Balaban J connectivity index is 1.79. The van der Waals surface area contributed by atoms with Gasteiger partial charge in [-0.15, -0.1) is 0 Å². The molecule has 1 heterocycles. The Morgan fingerprint density at radius 2 is 1.87 bits per heavy atom. The van der Waals surface area contributed by atoms with Crippen LogP contribution in [-0.2, 0) is 0 Å². The van der Waals surface area contributed by atoms with E-state index in [9.17, 15) is 0 Å². The van der Waals surface area contributed by atoms with Crippen molar-refractivity contribution in [3.8, 4) is 5.75 Å². The summed E-state index contributed by atoms with van der Waals surface area (Å²) in [4.78, 5) is 9.80. The number of benzene rings is 2. The van der Waals surface area contributed by atoms with Gasteiger partial charge in [0.25, 0.3) is 0 Å². The molecular formula is C16H15N5O2. The topological polar surface area (TPSA) is 116 Å². The minimum atomic E-state index is -0.0857. The molecule has 0 radical (unpaired) electrons. The second-order valence-corrected chi connectivity index (χ2v) is 4.83. The summed E-state index contributed by atoms with van der Waals surface area (Å²) >= 11 is 0. The highest BCUT2D eigenvalue weighted by Crippen LogP contribution is 2.24. The van der Waals surface area contributed by atoms with Crippen LogP contribution >= 0.6 is 0 Å². The van der Waals surface area contributed by atoms with E-state index < -0.39 is 0 Å². The first-order valence-corrected chi connectivity index (χ1v) is 6.84. The first-order valence-electron chi connectivity index (χ1n) is 6.84. The normalized spacial score (nSPS) is 10.3. The van der Waals surface area contributed by atoms with E-state index in [-0.39, 0.29) is 5.84 Å². The number of nitrogens with one attached hydrogen (secondary N) is 3. The number of amidine groups is 1. The Morgan fingerprint density at radius 1 is 1.13 bits per heavy atom. The third-order valence-electron chi connectivity index (χ3n) is 3.27. The smallest absolute Gasteiger partial charge is 0.155 e. The van der Waals surface area contributed by atoms with Crippen molar-refractivity contribution in [2.75, 3.05) is 11.2 Å². The molecule has 0 spiro atoms. The molecule has 0 aliphatic heterocycles. The first-order chi connectivity index (χ1) is 11.2. The van der Waals surface area contributed by atoms with Gasteiger partial charge in [-0.25, -0.2) is 10.5 Å². The van der Waals surface area contributed by atoms with E-state index in [0.717, 1.165) is 10.9 Å². The van der Waals surface area contributed by atoms with Crippen LogP contribution in [0.25, 0.3) is 10.9 Å². The standard InChI is InChI=1S/C16H15N5O2/c17-15-9-14(12-3-1-2-4-13(12)19-15)21-23-11-7-5-10(6-8-11)16(18)20-22/h1-9,22H,(H2,18,20)(H3,17,19,21). The lowest BCUT2D eigenvalue weighted by Gasteiger charge is -2.12. The lowest BCUT2D eigenvalue weighted by Crippen LogP contribution is -2.18. The van der Waals surface area contributed by atoms with Crippen molar-refractivity contribution in [1.29, 1.82) is 5.41 Å². The molecule has 0 aliphatic carbocycles. The number of anilines is 2. The Hall–Kier alpha value is -3.32. The third kappa shape index (κ3) is 3.14. The van der Waals surface area contributed by atoms with Gasteiger partial charge in [-0.3, -0.25) is 16.1 Å². The molecular weight excluding hydrogens is 294 g/mol. The van der Waals surface area contributed by atoms with Crippen LogP contribution in [0.15, 0.2) is 54.6 Å². The van der Waals surface area contributed by atoms with E-state index in [4.69, 9.17) is 21.2 Å². The number of rotatable bonds is 4. The molecule has 0 atom stereocenters. The summed E-state index contributed by atoms with van der Waals surface area (Å²) in [6.45, 7) is 0. The average molecular weight is 309 g/mol. The zero-order valence-electron chi connectivity index (χ0n) is 12.1. The summed E-state index contributed by atoms with van der Waals surface area (Å²) in [6, 6.07) is 16.0. The maximum atomic E-state index is 8.70. The minimum absolute atomic E-state index is 0.0857. The maximum Gasteiger partial charge on any atom is 0.155 e. The molecule has 6 N–H and O–H groups in total. The molecule has 0 aliphatic rings. The van der Waals surface area contributed by atoms with Crippen LogP contribution < -0.4 is 21.5 Å². The van der Waals surface area contributed by atoms with Crippen molar-refractivity contribution in [3.05, 3.63) is 60.2 Å². The van der Waals surface area contributed by atoms with Crippen molar-refractivity contribution in [1.82, 2.24) is 10.5 Å². The monoisotopic (exact) mass is 309 g/mol. The van der Waals surface area contributed by atoms with Gasteiger partial charge in [0.15, 0.2) is 5.75 Å². The molecule has 7 heteroatoms. The number of hydrogen-bond acceptors (Lipinski definition) is 6. The van der Waals surface area contributed by atoms with Crippen molar-refractivity contribution in [3.63, 3.8) is 0 Å². The number of nitrogen functional groups attached to an aromatic ring is 1. The van der Waals surface area contributed by atoms with Crippen molar-refractivity contribution in [2.24, 2.45) is 0 Å². The molecule has 0 amide bonds. The summed E-state index contributed by atoms with van der Waals surface area (Å²) < 4.78 is 0. The number of hydroxylamine groups is 1. The number of aromatic nitrogens is 1. The van der Waals surface area contributed by atoms with E-state index in [0.29, 0.717) is 22.8 Å². The number of hydrogen-bond donors (Lipinski definition) is 5. The minimum Gasteiger partial charge on any atom is -0.384 e. The van der Waals surface area contributed by atoms with Crippen LogP contribution in [-0.4, -0.2) is 16.0 Å². The van der Waals surface area contributed by atoms with Gasteiger partial charge >= 0.3 is 0 Å². The van der Waals surface area contributed by atoms with E-state index >= 15 is 0 Å². The lowest BCUT2D eigenvalue weighted by atomic mass is 10.2. The molecule has 23 heavy (non-hydrogen) atoms. The Bertz CT molecular complexity index is 849. The van der Waals surface area contributed by atoms with Gasteiger partial charge in [-0.05, 0) is 30.3 Å². The highest BCUT2D eigenvalue weighted by molar-refractivity contribution is 5.95. The number of nitrogens with zero attached hydrogens (tertiary/aromatic N) is 1. The van der Waals surface area contributed by atoms with Gasteiger partial charge in [0.2, 0.25) is 0 Å². The van der Waals surface area contributed by atoms with Gasteiger partial charge in [-0.2, -0.15) is 0 Å². The average Bonchev–Trinajstić information content (AvgIpc) is 2.59. The zero-order chi connectivity index (χ0) is 16.2. The number of nitrogens with two attached hydrogens (primary N) is 1. The van der Waals surface area contributed by atoms with E-state index in [1.54, 1.807) is 35.8 Å². The van der Waals surface area contributed by atoms with E-state index in [1.807, 2.05) is 24.3 Å². The van der Waals surface area contributed by atoms with Crippen molar-refractivity contribution >= 4 is 28.2 Å². The molecule has 7 nitrogen and oxygen atoms in total. The maximum absolute atomic E-state index is 8.70. The predicted octanol–water partition coefficient (Wildman–Crippen LogP) is 2.53. The van der Waals surface area contributed by atoms with E-state index in [2.05, 4.69) is 10.5 Å². The SMILES string of the molecule is N=C(NO)c1ccc(ONc2cc(N)nc3ccccc23)cc1. The molecule has 0 fully saturated rings. The second-order valence-electron chi connectivity index (χ2n) is 4.83. The van der Waals surface area contributed by atoms with Crippen LogP contribution in [0.5, 0.6) is 5.75 Å². The molecule has 0 saturated heterocycles. The fourth-order valence-corrected chi connectivity index (χ4v) is 2.15. The molecule has 1 aromatic heterocycles. The summed E-state index contributed by atoms with van der Waals surface area (Å²) in [5.41, 5.74) is 12.5. The van der Waals surface area contributed by atoms with Gasteiger partial charge < -0.3 is 10.6 Å². The largest absolute Gasteiger partial charge is 0.384 e. The van der Waals surface area contributed by atoms with Crippen LogP contribution in [0, 0.1) is 5.41 Å². The fourth-order valence-electron chi connectivity index (χ4n) is 2.15.